The van der Waals surface area contributed by atoms with E-state index in [1.807, 2.05) is 0 Å². The fourth-order valence-corrected chi connectivity index (χ4v) is 1.72. The normalized spacial score (nSPS) is 38.7. The molecule has 2 heterocycles. The van der Waals surface area contributed by atoms with E-state index in [0.29, 0.717) is 17.9 Å². The van der Waals surface area contributed by atoms with E-state index in [1.54, 1.807) is 0 Å². The molecule has 0 aliphatic carbocycles. The minimum atomic E-state index is -0.278. The number of hydrogen-bond donors (Lipinski definition) is 2. The maximum atomic E-state index is 9.26. The number of β-amino-alcohol motifs (C(OH)–C–C–N with tert-alkyl or cyclic N) is 1. The van der Waals surface area contributed by atoms with Crippen LogP contribution in [0, 0.1) is 0 Å². The number of rotatable bonds is 3. The average molecular weight is 175 g/mol. The van der Waals surface area contributed by atoms with Gasteiger partial charge in [-0.1, -0.05) is 0 Å². The Bertz CT molecular complexity index is 155. The van der Waals surface area contributed by atoms with E-state index < -0.39 is 0 Å². The summed E-state index contributed by atoms with van der Waals surface area (Å²) >= 11 is 4.02. The maximum absolute atomic E-state index is 9.26. The van der Waals surface area contributed by atoms with Crippen LogP contribution in [0.25, 0.3) is 0 Å². The third-order valence-electron chi connectivity index (χ3n) is 2.45. The molecule has 2 saturated heterocycles. The highest BCUT2D eigenvalue weighted by Crippen LogP contribution is 2.29. The van der Waals surface area contributed by atoms with Gasteiger partial charge in [0.25, 0.3) is 0 Å². The molecule has 2 rings (SSSR count). The van der Waals surface area contributed by atoms with Gasteiger partial charge in [-0.15, -0.1) is 0 Å². The first-order chi connectivity index (χ1) is 5.31. The fourth-order valence-electron chi connectivity index (χ4n) is 1.60. The van der Waals surface area contributed by atoms with E-state index in [0.717, 1.165) is 19.7 Å². The quantitative estimate of drug-likeness (QED) is 0.560. The van der Waals surface area contributed by atoms with Crippen molar-refractivity contribution in [2.45, 2.75) is 18.2 Å². The van der Waals surface area contributed by atoms with Crippen LogP contribution in [-0.2, 0) is 4.74 Å². The first-order valence-corrected chi connectivity index (χ1v) is 4.59. The summed E-state index contributed by atoms with van der Waals surface area (Å²) in [4.78, 5) is 2.26. The van der Waals surface area contributed by atoms with E-state index in [1.165, 1.54) is 0 Å². The topological polar surface area (TPSA) is 32.7 Å². The molecule has 64 valence electrons. The predicted octanol–water partition coefficient (Wildman–Crippen LogP) is -0.640. The minimum absolute atomic E-state index is 0.278. The third-order valence-corrected chi connectivity index (χ3v) is 2.87. The zero-order valence-corrected chi connectivity index (χ0v) is 7.20. The Morgan fingerprint density at radius 2 is 2.55 bits per heavy atom. The van der Waals surface area contributed by atoms with Gasteiger partial charge in [0.1, 0.15) is 0 Å². The van der Waals surface area contributed by atoms with Crippen LogP contribution >= 0.6 is 12.6 Å². The lowest BCUT2D eigenvalue weighted by molar-refractivity contribution is -0.218. The Hall–Kier alpha value is 0.230. The van der Waals surface area contributed by atoms with Crippen molar-refractivity contribution in [3.05, 3.63) is 0 Å². The van der Waals surface area contributed by atoms with Crippen molar-refractivity contribution in [3.63, 3.8) is 0 Å². The largest absolute Gasteiger partial charge is 0.391 e. The molecule has 0 saturated carbocycles. The highest BCUT2D eigenvalue weighted by Gasteiger charge is 2.47. The Morgan fingerprint density at radius 1 is 1.73 bits per heavy atom. The summed E-state index contributed by atoms with van der Waals surface area (Å²) in [5.74, 6) is 0.550. The Morgan fingerprint density at radius 3 is 2.91 bits per heavy atom. The van der Waals surface area contributed by atoms with Crippen LogP contribution in [0.15, 0.2) is 0 Å². The highest BCUT2D eigenvalue weighted by atomic mass is 32.1. The number of ether oxygens (including phenoxy) is 1. The van der Waals surface area contributed by atoms with Gasteiger partial charge in [0.15, 0.2) is 0 Å². The Balaban J connectivity index is 1.72. The van der Waals surface area contributed by atoms with Gasteiger partial charge < -0.3 is 9.84 Å². The van der Waals surface area contributed by atoms with Crippen LogP contribution < -0.4 is 0 Å². The smallest absolute Gasteiger partial charge is 0.0880 e. The molecule has 0 aromatic rings. The molecule has 0 bridgehead atoms. The first-order valence-electron chi connectivity index (χ1n) is 3.96. The summed E-state index contributed by atoms with van der Waals surface area (Å²) in [5, 5.41) is 9.26. The number of fused-ring (bicyclic) bond motifs is 1. The molecule has 2 aliphatic heterocycles. The summed E-state index contributed by atoms with van der Waals surface area (Å²) in [6, 6.07) is 0.601. The van der Waals surface area contributed by atoms with Crippen molar-refractivity contribution in [2.24, 2.45) is 0 Å². The van der Waals surface area contributed by atoms with E-state index >= 15 is 0 Å². The van der Waals surface area contributed by atoms with Crippen LogP contribution in [0.4, 0.5) is 0 Å². The van der Waals surface area contributed by atoms with Crippen molar-refractivity contribution in [3.8, 4) is 0 Å². The van der Waals surface area contributed by atoms with Crippen LogP contribution in [0.5, 0.6) is 0 Å². The van der Waals surface area contributed by atoms with Crippen molar-refractivity contribution in [1.29, 1.82) is 0 Å². The van der Waals surface area contributed by atoms with Gasteiger partial charge in [0.05, 0.1) is 24.9 Å². The summed E-state index contributed by atoms with van der Waals surface area (Å²) in [7, 11) is 0. The molecule has 0 spiro atoms. The van der Waals surface area contributed by atoms with Crippen LogP contribution in [0.1, 0.15) is 0 Å². The lowest BCUT2D eigenvalue weighted by atomic mass is 9.94. The van der Waals surface area contributed by atoms with Gasteiger partial charge in [-0.2, -0.15) is 12.6 Å². The average Bonchev–Trinajstić information content (AvgIpc) is 1.98. The summed E-state index contributed by atoms with van der Waals surface area (Å²) in [5.41, 5.74) is 0. The van der Waals surface area contributed by atoms with E-state index in [4.69, 9.17) is 4.74 Å². The van der Waals surface area contributed by atoms with Gasteiger partial charge in [-0.25, -0.2) is 0 Å². The molecule has 0 aromatic heterocycles. The van der Waals surface area contributed by atoms with Crippen molar-refractivity contribution in [1.82, 2.24) is 4.90 Å². The summed E-state index contributed by atoms with van der Waals surface area (Å²) < 4.78 is 5.23. The lowest BCUT2D eigenvalue weighted by Gasteiger charge is -2.55. The SMILES string of the molecule is O[C@@H](CS)CN1CC2OCC21. The molecule has 3 nitrogen and oxygen atoms in total. The molecular weight excluding hydrogens is 162 g/mol. The van der Waals surface area contributed by atoms with E-state index in [2.05, 4.69) is 17.5 Å². The van der Waals surface area contributed by atoms with Crippen LogP contribution in [0.2, 0.25) is 0 Å². The number of morpholine rings is 1. The number of hydrogen-bond acceptors (Lipinski definition) is 4. The van der Waals surface area contributed by atoms with Gasteiger partial charge in [0.2, 0.25) is 0 Å². The fraction of sp³-hybridized carbons (Fsp3) is 1.00. The van der Waals surface area contributed by atoms with Gasteiger partial charge in [0, 0.05) is 18.8 Å². The molecule has 3 atom stereocenters. The molecule has 2 fully saturated rings. The predicted molar refractivity (Wildman–Crippen MR) is 45.0 cm³/mol. The summed E-state index contributed by atoms with van der Waals surface area (Å²) in [6.07, 6.45) is 0.196. The summed E-state index contributed by atoms with van der Waals surface area (Å²) in [6.45, 7) is 2.60. The number of aliphatic hydroxyl groups excluding tert-OH is 1. The molecule has 4 heteroatoms. The van der Waals surface area contributed by atoms with Crippen LogP contribution in [0.3, 0.4) is 0 Å². The Kier molecular flexibility index (Phi) is 2.10. The maximum Gasteiger partial charge on any atom is 0.0880 e. The molecule has 1 N–H and O–H groups in total. The molecule has 11 heavy (non-hydrogen) atoms. The zero-order valence-electron chi connectivity index (χ0n) is 6.31. The number of nitrogens with zero attached hydrogens (tertiary/aromatic N) is 1. The lowest BCUT2D eigenvalue weighted by Crippen LogP contribution is -2.71. The Labute approximate surface area is 71.7 Å². The second-order valence-electron chi connectivity index (χ2n) is 3.23. The van der Waals surface area contributed by atoms with E-state index in [9.17, 15) is 5.11 Å². The zero-order chi connectivity index (χ0) is 7.84. The second-order valence-corrected chi connectivity index (χ2v) is 3.59. The second kappa shape index (κ2) is 2.94. The van der Waals surface area contributed by atoms with Crippen molar-refractivity contribution in [2.75, 3.05) is 25.4 Å². The van der Waals surface area contributed by atoms with Gasteiger partial charge >= 0.3 is 0 Å². The van der Waals surface area contributed by atoms with Gasteiger partial charge in [-0.3, -0.25) is 4.90 Å². The molecular formula is C7H13NO2S. The highest BCUT2D eigenvalue weighted by molar-refractivity contribution is 7.80. The number of likely N-dealkylation sites (tertiary alicyclic amines) is 1. The van der Waals surface area contributed by atoms with Crippen molar-refractivity contribution < 1.29 is 9.84 Å². The standard InChI is InChI=1S/C7H13NO2S/c9-5(4-11)1-8-2-7-6(8)3-10-7/h5-7,9,11H,1-4H2/t5-,6?,7?/m1/s1. The molecule has 2 unspecified atom stereocenters. The molecule has 2 aliphatic rings. The van der Waals surface area contributed by atoms with Crippen molar-refractivity contribution >= 4 is 12.6 Å². The van der Waals surface area contributed by atoms with Crippen LogP contribution in [-0.4, -0.2) is 53.7 Å². The molecule has 0 aromatic carbocycles. The monoisotopic (exact) mass is 175 g/mol. The van der Waals surface area contributed by atoms with E-state index in [-0.39, 0.29) is 6.10 Å². The number of aliphatic hydroxyl groups is 1. The molecule has 0 amide bonds. The minimum Gasteiger partial charge on any atom is -0.391 e. The molecule has 0 radical (unpaired) electrons. The van der Waals surface area contributed by atoms with Gasteiger partial charge in [-0.05, 0) is 0 Å². The first kappa shape index (κ1) is 7.86. The number of thiol groups is 1. The third kappa shape index (κ3) is 1.28.